The van der Waals surface area contributed by atoms with Crippen LogP contribution >= 0.6 is 0 Å². The Labute approximate surface area is 93.6 Å². The van der Waals surface area contributed by atoms with Crippen LogP contribution < -0.4 is 0 Å². The van der Waals surface area contributed by atoms with E-state index in [9.17, 15) is 0 Å². The molecular weight excluding hydrogens is 226 g/mol. The molecule has 0 aromatic rings. The first-order chi connectivity index (χ1) is 0. The Morgan fingerprint density at radius 2 is 0.333 bits per heavy atom. The quantitative estimate of drug-likeness (QED) is 0.564. The molecule has 0 spiro atoms. The molecule has 0 unspecified atom stereocenters. The summed E-state index contributed by atoms with van der Waals surface area (Å²) >= 11 is 0. The van der Waals surface area contributed by atoms with Crippen molar-refractivity contribution in [2.45, 2.75) is 0 Å². The van der Waals surface area contributed by atoms with Gasteiger partial charge in [0, 0.05) is 65.4 Å². The van der Waals surface area contributed by atoms with E-state index in [0.29, 0.717) is 0 Å². The van der Waals surface area contributed by atoms with Gasteiger partial charge in [0.25, 0.3) is 0 Å². The van der Waals surface area contributed by atoms with E-state index in [1.54, 1.807) is 0 Å². The summed E-state index contributed by atoms with van der Waals surface area (Å²) in [5.74, 6) is 0. The third kappa shape index (κ3) is 34.5. The second kappa shape index (κ2) is 57.0. The maximum atomic E-state index is 0. The minimum atomic E-state index is 0. The number of hydrogen-bond donors (Lipinski definition) is 0. The van der Waals surface area contributed by atoms with Gasteiger partial charge in [0.05, 0.1) is 0 Å². The fourth-order valence-electron chi connectivity index (χ4n) is 0. The van der Waals surface area contributed by atoms with Crippen LogP contribution in [0.15, 0.2) is 0 Å². The molecule has 0 rings (SSSR count). The molecule has 0 N–H and O–H groups in total. The average molecular weight is 238 g/mol. The van der Waals surface area contributed by atoms with Gasteiger partial charge in [-0.25, -0.2) is 0 Å². The van der Waals surface area contributed by atoms with Crippen molar-refractivity contribution in [1.82, 2.24) is 0 Å². The van der Waals surface area contributed by atoms with Gasteiger partial charge in [0.2, 0.25) is 0 Å². The van der Waals surface area contributed by atoms with Crippen LogP contribution in [0.3, 0.4) is 0 Å². The Kier molecular flexibility index (Phi) is 831. The van der Waals surface area contributed by atoms with Crippen molar-refractivity contribution < 1.29 is 65.4 Å². The van der Waals surface area contributed by atoms with Gasteiger partial charge >= 0.3 is 0 Å². The molecule has 38 valence electrons. The van der Waals surface area contributed by atoms with Crippen LogP contribution in [-0.4, -0.2) is 0 Å². The first kappa shape index (κ1) is 87.5. The molecule has 6 heavy (non-hydrogen) atoms. The van der Waals surface area contributed by atoms with Gasteiger partial charge < -0.3 is 29.7 Å². The molecule has 0 bridgehead atoms. The van der Waals surface area contributed by atoms with Crippen molar-refractivity contribution in [3.05, 3.63) is 29.7 Å². The van der Waals surface area contributed by atoms with Gasteiger partial charge in [0.15, 0.2) is 0 Å². The summed E-state index contributed by atoms with van der Waals surface area (Å²) < 4.78 is 0. The van der Waals surface area contributed by atoms with E-state index in [1.165, 1.54) is 0 Å². The predicted molar refractivity (Wildman–Crippen MR) is 25.7 cm³/mol. The first-order valence-corrected chi connectivity index (χ1v) is 0. The van der Waals surface area contributed by atoms with Gasteiger partial charge in [0.1, 0.15) is 0 Å². The van der Waals surface area contributed by atoms with E-state index in [4.69, 9.17) is 0 Å². The Morgan fingerprint density at radius 1 is 0.333 bits per heavy atom. The van der Waals surface area contributed by atoms with Crippen LogP contribution in [0.25, 0.3) is 0 Å². The molecule has 0 amide bonds. The number of rotatable bonds is 0. The summed E-state index contributed by atoms with van der Waals surface area (Å²) in [6.07, 6.45) is 0. The second-order valence-electron chi connectivity index (χ2n) is 0. The summed E-state index contributed by atoms with van der Waals surface area (Å²) in [5, 5.41) is 0. The molecule has 0 aromatic heterocycles. The standard InChI is InChI=1S/4CH3.2Y/h4*1H3;;/q4*-1;;. The molecule has 0 atom stereocenters. The third-order valence-corrected chi connectivity index (χ3v) is 0. The van der Waals surface area contributed by atoms with Gasteiger partial charge in [-0.1, -0.05) is 0 Å². The summed E-state index contributed by atoms with van der Waals surface area (Å²) in [6, 6.07) is 0. The van der Waals surface area contributed by atoms with Crippen molar-refractivity contribution in [2.24, 2.45) is 0 Å². The van der Waals surface area contributed by atoms with E-state index < -0.39 is 0 Å². The predicted octanol–water partition coefficient (Wildman–Crippen LogP) is 1.80. The molecule has 0 saturated carbocycles. The Balaban J connectivity index is 0. The molecule has 0 fully saturated rings. The normalized spacial score (nSPS) is 0. The van der Waals surface area contributed by atoms with Crippen LogP contribution in [0.1, 0.15) is 0 Å². The topological polar surface area (TPSA) is 0 Å². The molecule has 0 nitrogen and oxygen atoms in total. The zero-order chi connectivity index (χ0) is 0. The van der Waals surface area contributed by atoms with E-state index in [-0.39, 0.29) is 95.1 Å². The maximum Gasteiger partial charge on any atom is 0 e. The molecule has 2 heteroatoms. The van der Waals surface area contributed by atoms with E-state index in [2.05, 4.69) is 0 Å². The first-order valence-electron chi connectivity index (χ1n) is 0. The maximum absolute atomic E-state index is 0. The Morgan fingerprint density at radius 3 is 0.333 bits per heavy atom. The SMILES string of the molecule is [CH3-].[CH3-].[CH3-].[CH3-].[Y].[Y]. The summed E-state index contributed by atoms with van der Waals surface area (Å²) in [4.78, 5) is 0. The molecule has 0 aliphatic heterocycles. The minimum Gasteiger partial charge on any atom is -0.358 e. The minimum absolute atomic E-state index is 0. The van der Waals surface area contributed by atoms with E-state index in [0.717, 1.165) is 0 Å². The summed E-state index contributed by atoms with van der Waals surface area (Å²) in [5.41, 5.74) is 0. The van der Waals surface area contributed by atoms with E-state index >= 15 is 0 Å². The molecular formula is C4H12Y2-4. The molecule has 0 saturated heterocycles. The van der Waals surface area contributed by atoms with Crippen LogP contribution in [0.5, 0.6) is 0 Å². The zero-order valence-corrected chi connectivity index (χ0v) is 10.8. The van der Waals surface area contributed by atoms with Gasteiger partial charge in [-0.15, -0.1) is 0 Å². The fourth-order valence-corrected chi connectivity index (χ4v) is 0. The molecule has 0 aliphatic carbocycles. The molecule has 0 aliphatic rings. The fraction of sp³-hybridized carbons (Fsp3) is 0. The van der Waals surface area contributed by atoms with Crippen molar-refractivity contribution in [3.63, 3.8) is 0 Å². The monoisotopic (exact) mass is 238 g/mol. The Hall–Kier alpha value is 2.21. The van der Waals surface area contributed by atoms with Crippen molar-refractivity contribution in [3.8, 4) is 0 Å². The van der Waals surface area contributed by atoms with E-state index in [1.807, 2.05) is 0 Å². The summed E-state index contributed by atoms with van der Waals surface area (Å²) in [6.45, 7) is 0. The second-order valence-corrected chi connectivity index (χ2v) is 0. The van der Waals surface area contributed by atoms with Crippen molar-refractivity contribution in [1.29, 1.82) is 0 Å². The van der Waals surface area contributed by atoms with Gasteiger partial charge in [-0.2, -0.15) is 0 Å². The van der Waals surface area contributed by atoms with Crippen LogP contribution in [-0.2, 0) is 65.4 Å². The Bertz CT molecular complexity index is 5.51. The summed E-state index contributed by atoms with van der Waals surface area (Å²) in [7, 11) is 0. The van der Waals surface area contributed by atoms with Crippen molar-refractivity contribution >= 4 is 0 Å². The van der Waals surface area contributed by atoms with Gasteiger partial charge in [-0.05, 0) is 0 Å². The third-order valence-electron chi connectivity index (χ3n) is 0. The van der Waals surface area contributed by atoms with Crippen LogP contribution in [0.2, 0.25) is 0 Å². The zero-order valence-electron chi connectivity index (χ0n) is 5.15. The molecule has 2 radical (unpaired) electrons. The van der Waals surface area contributed by atoms with Crippen molar-refractivity contribution in [2.75, 3.05) is 0 Å². The number of hydrogen-bond acceptors (Lipinski definition) is 0. The average Bonchev–Trinajstić information content (AvgIpc) is 0. The largest absolute Gasteiger partial charge is 0.358 e. The molecule has 0 heterocycles. The smallest absolute Gasteiger partial charge is 0 e. The van der Waals surface area contributed by atoms with Gasteiger partial charge in [-0.3, -0.25) is 0 Å². The van der Waals surface area contributed by atoms with Crippen LogP contribution in [0.4, 0.5) is 0 Å². The molecule has 0 aromatic carbocycles. The van der Waals surface area contributed by atoms with Crippen LogP contribution in [0, 0.1) is 29.7 Å².